The molecule has 0 aromatic heterocycles. The minimum atomic E-state index is -0.372. The van der Waals surface area contributed by atoms with Crippen LogP contribution in [0.3, 0.4) is 0 Å². The highest BCUT2D eigenvalue weighted by Crippen LogP contribution is 2.14. The summed E-state index contributed by atoms with van der Waals surface area (Å²) in [4.78, 5) is 12.1. The molecule has 1 unspecified atom stereocenters. The number of hydrogen-bond acceptors (Lipinski definition) is 4. The molecule has 0 radical (unpaired) electrons. The molecule has 0 saturated heterocycles. The Kier molecular flexibility index (Phi) is 7.25. The Morgan fingerprint density at radius 3 is 2.53 bits per heavy atom. The maximum Gasteiger partial charge on any atom is 0.315 e. The summed E-state index contributed by atoms with van der Waals surface area (Å²) in [6, 6.07) is 0. The maximum atomic E-state index is 11.6. The van der Waals surface area contributed by atoms with E-state index in [4.69, 9.17) is 22.7 Å². The molecule has 0 bridgehead atoms. The lowest BCUT2D eigenvalue weighted by Crippen LogP contribution is -2.38. The van der Waals surface area contributed by atoms with Gasteiger partial charge in [0, 0.05) is 0 Å². The lowest BCUT2D eigenvalue weighted by molar-refractivity contribution is -0.146. The average Bonchev–Trinajstić information content (AvgIpc) is 2.14. The zero-order chi connectivity index (χ0) is 11.8. The van der Waals surface area contributed by atoms with E-state index in [0.29, 0.717) is 23.9 Å². The molecule has 0 heterocycles. The lowest BCUT2D eigenvalue weighted by atomic mass is 9.97. The van der Waals surface area contributed by atoms with Crippen molar-refractivity contribution in [2.75, 3.05) is 13.3 Å². The van der Waals surface area contributed by atoms with Crippen molar-refractivity contribution in [1.29, 1.82) is 0 Å². The molecule has 0 aliphatic rings. The summed E-state index contributed by atoms with van der Waals surface area (Å²) >= 11 is 5.09. The van der Waals surface area contributed by atoms with E-state index < -0.39 is 0 Å². The highest BCUT2D eigenvalue weighted by Gasteiger charge is 2.25. The highest BCUT2D eigenvalue weighted by atomic mass is 32.1. The molecular formula is C10H20N2O2S. The molecule has 15 heavy (non-hydrogen) atoms. The molecule has 0 aliphatic heterocycles. The van der Waals surface area contributed by atoms with Crippen LogP contribution in [0.4, 0.5) is 0 Å². The molecule has 88 valence electrons. The fraction of sp³-hybridized carbons (Fsp3) is 0.800. The van der Waals surface area contributed by atoms with Gasteiger partial charge in [0.2, 0.25) is 0 Å². The van der Waals surface area contributed by atoms with Crippen molar-refractivity contribution >= 4 is 23.2 Å². The number of esters is 1. The van der Waals surface area contributed by atoms with E-state index in [1.54, 1.807) is 6.92 Å². The summed E-state index contributed by atoms with van der Waals surface area (Å²) in [7, 11) is 0. The maximum absolute atomic E-state index is 11.6. The van der Waals surface area contributed by atoms with Crippen LogP contribution >= 0.6 is 12.2 Å². The Labute approximate surface area is 96.5 Å². The Morgan fingerprint density at radius 1 is 1.53 bits per heavy atom. The van der Waals surface area contributed by atoms with Gasteiger partial charge in [-0.25, -0.2) is 0 Å². The highest BCUT2D eigenvalue weighted by molar-refractivity contribution is 7.80. The molecule has 0 fully saturated rings. The molecule has 1 atom stereocenters. The van der Waals surface area contributed by atoms with E-state index in [1.807, 2.05) is 13.8 Å². The van der Waals surface area contributed by atoms with Crippen LogP contribution in [0, 0.1) is 11.8 Å². The van der Waals surface area contributed by atoms with Crippen molar-refractivity contribution in [2.45, 2.75) is 27.2 Å². The number of rotatable bonds is 6. The second-order valence-corrected chi connectivity index (χ2v) is 4.12. The summed E-state index contributed by atoms with van der Waals surface area (Å²) in [6.45, 7) is 6.48. The fourth-order valence-electron chi connectivity index (χ4n) is 1.25. The van der Waals surface area contributed by atoms with Gasteiger partial charge in [-0.3, -0.25) is 4.79 Å². The second kappa shape index (κ2) is 7.59. The first-order chi connectivity index (χ1) is 7.02. The number of thiocarbonyl (C=S) groups is 1. The largest absolute Gasteiger partial charge is 0.465 e. The average molecular weight is 232 g/mol. The smallest absolute Gasteiger partial charge is 0.315 e. The lowest BCUT2D eigenvalue weighted by Gasteiger charge is -2.18. The van der Waals surface area contributed by atoms with Crippen LogP contribution in [-0.2, 0) is 9.53 Å². The first-order valence-electron chi connectivity index (χ1n) is 5.17. The monoisotopic (exact) mass is 232 g/mol. The van der Waals surface area contributed by atoms with Crippen molar-refractivity contribution in [2.24, 2.45) is 17.6 Å². The molecule has 0 aliphatic carbocycles. The predicted octanol–water partition coefficient (Wildman–Crippen LogP) is 1.04. The van der Waals surface area contributed by atoms with E-state index in [0.717, 1.165) is 0 Å². The predicted molar refractivity (Wildman–Crippen MR) is 64.4 cm³/mol. The van der Waals surface area contributed by atoms with Gasteiger partial charge in [0.25, 0.3) is 0 Å². The van der Waals surface area contributed by atoms with Crippen molar-refractivity contribution < 1.29 is 9.53 Å². The minimum absolute atomic E-state index is 0.243. The zero-order valence-electron chi connectivity index (χ0n) is 9.58. The van der Waals surface area contributed by atoms with Crippen LogP contribution in [0.1, 0.15) is 27.2 Å². The number of nitrogens with two attached hydrogens (primary N) is 1. The van der Waals surface area contributed by atoms with Gasteiger partial charge in [-0.05, 0) is 19.3 Å². The minimum Gasteiger partial charge on any atom is -0.465 e. The van der Waals surface area contributed by atoms with Gasteiger partial charge >= 0.3 is 5.97 Å². The number of ether oxygens (including phenoxy) is 1. The number of nitrogens with one attached hydrogen (secondary N) is 1. The summed E-state index contributed by atoms with van der Waals surface area (Å²) in [5, 5.41) is 2.80. The first-order valence-corrected chi connectivity index (χ1v) is 5.58. The van der Waals surface area contributed by atoms with Crippen molar-refractivity contribution in [3.05, 3.63) is 0 Å². The van der Waals surface area contributed by atoms with Crippen molar-refractivity contribution in [3.8, 4) is 0 Å². The van der Waals surface area contributed by atoms with Crippen LogP contribution in [-0.4, -0.2) is 24.2 Å². The number of hydrogen-bond donors (Lipinski definition) is 2. The van der Waals surface area contributed by atoms with E-state index in [-0.39, 0.29) is 18.6 Å². The molecule has 3 N–H and O–H groups in total. The summed E-state index contributed by atoms with van der Waals surface area (Å²) in [5.74, 6) is -0.252. The molecule has 4 nitrogen and oxygen atoms in total. The third kappa shape index (κ3) is 5.69. The van der Waals surface area contributed by atoms with Gasteiger partial charge in [0.1, 0.15) is 5.92 Å². The van der Waals surface area contributed by atoms with Crippen LogP contribution in [0.25, 0.3) is 0 Å². The first kappa shape index (κ1) is 14.3. The van der Waals surface area contributed by atoms with Gasteiger partial charge < -0.3 is 15.8 Å². The quantitative estimate of drug-likeness (QED) is 0.407. The molecule has 0 rings (SSSR count). The molecule has 0 saturated carbocycles. The Bertz CT molecular complexity index is 201. The standard InChI is InChI=1S/C10H20N2O2S/c1-4-14-10(13)8(5-7(2)3)9(15)12-6-11/h7-8H,4-6,11H2,1-3H3,(H,12,15). The number of carbonyl (C=O) groups excluding carboxylic acids is 1. The SMILES string of the molecule is CCOC(=O)C(CC(C)C)C(=S)NCN. The molecule has 5 heteroatoms. The normalized spacial score (nSPS) is 12.3. The Hall–Kier alpha value is -0.680. The Morgan fingerprint density at radius 2 is 2.13 bits per heavy atom. The molecular weight excluding hydrogens is 212 g/mol. The molecule has 0 aromatic rings. The zero-order valence-corrected chi connectivity index (χ0v) is 10.4. The van der Waals surface area contributed by atoms with Crippen molar-refractivity contribution in [1.82, 2.24) is 5.32 Å². The van der Waals surface area contributed by atoms with Gasteiger partial charge in [0.15, 0.2) is 0 Å². The molecule has 0 aromatic carbocycles. The van der Waals surface area contributed by atoms with Gasteiger partial charge in [-0.15, -0.1) is 0 Å². The second-order valence-electron chi connectivity index (χ2n) is 3.68. The van der Waals surface area contributed by atoms with E-state index >= 15 is 0 Å². The van der Waals surface area contributed by atoms with Gasteiger partial charge in [-0.2, -0.15) is 0 Å². The van der Waals surface area contributed by atoms with Crippen molar-refractivity contribution in [3.63, 3.8) is 0 Å². The van der Waals surface area contributed by atoms with Crippen LogP contribution in [0.5, 0.6) is 0 Å². The summed E-state index contributed by atoms with van der Waals surface area (Å²) < 4.78 is 4.97. The summed E-state index contributed by atoms with van der Waals surface area (Å²) in [6.07, 6.45) is 0.685. The van der Waals surface area contributed by atoms with E-state index in [9.17, 15) is 4.79 Å². The van der Waals surface area contributed by atoms with Gasteiger partial charge in [0.05, 0.1) is 18.3 Å². The van der Waals surface area contributed by atoms with Crippen LogP contribution in [0.2, 0.25) is 0 Å². The molecule has 0 spiro atoms. The summed E-state index contributed by atoms with van der Waals surface area (Å²) in [5.41, 5.74) is 5.32. The number of carbonyl (C=O) groups is 1. The van der Waals surface area contributed by atoms with Crippen LogP contribution < -0.4 is 11.1 Å². The Balaban J connectivity index is 4.42. The fourth-order valence-corrected chi connectivity index (χ4v) is 1.52. The topological polar surface area (TPSA) is 64.3 Å². The van der Waals surface area contributed by atoms with Crippen LogP contribution in [0.15, 0.2) is 0 Å². The van der Waals surface area contributed by atoms with Gasteiger partial charge in [-0.1, -0.05) is 26.1 Å². The third-order valence-corrected chi connectivity index (χ3v) is 2.30. The van der Waals surface area contributed by atoms with E-state index in [1.165, 1.54) is 0 Å². The molecule has 0 amide bonds. The van der Waals surface area contributed by atoms with E-state index in [2.05, 4.69) is 5.32 Å². The third-order valence-electron chi connectivity index (χ3n) is 1.87.